The van der Waals surface area contributed by atoms with E-state index in [1.54, 1.807) is 0 Å². The van der Waals surface area contributed by atoms with Gasteiger partial charge in [-0.05, 0) is 72.6 Å². The third-order valence-electron chi connectivity index (χ3n) is 4.35. The van der Waals surface area contributed by atoms with Gasteiger partial charge in [-0.2, -0.15) is 5.10 Å². The maximum Gasteiger partial charge on any atom is 0.191 e. The highest BCUT2D eigenvalue weighted by Crippen LogP contribution is 2.18. The van der Waals surface area contributed by atoms with Crippen molar-refractivity contribution in [2.75, 3.05) is 5.32 Å². The molecule has 4 heteroatoms. The third-order valence-corrected chi connectivity index (χ3v) is 4.54. The molecular formula is C21H21N3S. The molecule has 0 aliphatic heterocycles. The van der Waals surface area contributed by atoms with Crippen molar-refractivity contribution in [1.29, 1.82) is 0 Å². The van der Waals surface area contributed by atoms with Gasteiger partial charge >= 0.3 is 0 Å². The SMILES string of the molecule is C/C(=N\NC(=S)Nc1cccc(C)c1C)c1ccc2ccccc2c1. The first-order valence-corrected chi connectivity index (χ1v) is 8.62. The first-order valence-electron chi connectivity index (χ1n) is 8.21. The molecule has 0 aliphatic rings. The molecule has 0 bridgehead atoms. The number of anilines is 1. The fourth-order valence-corrected chi connectivity index (χ4v) is 2.81. The number of hydrazone groups is 1. The molecule has 0 fully saturated rings. The molecule has 2 N–H and O–H groups in total. The Balaban J connectivity index is 1.71. The molecule has 126 valence electrons. The predicted molar refractivity (Wildman–Crippen MR) is 111 cm³/mol. The van der Waals surface area contributed by atoms with Crippen molar-refractivity contribution in [2.24, 2.45) is 5.10 Å². The quantitative estimate of drug-likeness (QED) is 0.390. The number of nitrogens with zero attached hydrogens (tertiary/aromatic N) is 1. The second-order valence-corrected chi connectivity index (χ2v) is 6.48. The van der Waals surface area contributed by atoms with Crippen LogP contribution in [0.3, 0.4) is 0 Å². The van der Waals surface area contributed by atoms with Gasteiger partial charge in [0.15, 0.2) is 5.11 Å². The van der Waals surface area contributed by atoms with Gasteiger partial charge in [-0.15, -0.1) is 0 Å². The number of benzene rings is 3. The summed E-state index contributed by atoms with van der Waals surface area (Å²) in [4.78, 5) is 0. The van der Waals surface area contributed by atoms with Crippen LogP contribution >= 0.6 is 12.2 Å². The zero-order valence-electron chi connectivity index (χ0n) is 14.6. The van der Waals surface area contributed by atoms with Crippen molar-refractivity contribution < 1.29 is 0 Å². The minimum atomic E-state index is 0.480. The molecule has 0 unspecified atom stereocenters. The summed E-state index contributed by atoms with van der Waals surface area (Å²) in [5.41, 5.74) is 8.29. The molecule has 0 saturated heterocycles. The van der Waals surface area contributed by atoms with Crippen molar-refractivity contribution in [3.05, 3.63) is 77.4 Å². The van der Waals surface area contributed by atoms with E-state index in [9.17, 15) is 0 Å². The lowest BCUT2D eigenvalue weighted by atomic mass is 10.0. The van der Waals surface area contributed by atoms with E-state index >= 15 is 0 Å². The van der Waals surface area contributed by atoms with Gasteiger partial charge < -0.3 is 5.32 Å². The summed E-state index contributed by atoms with van der Waals surface area (Å²) in [6.07, 6.45) is 0. The Morgan fingerprint density at radius 3 is 2.48 bits per heavy atom. The highest BCUT2D eigenvalue weighted by Gasteiger charge is 2.03. The van der Waals surface area contributed by atoms with Gasteiger partial charge in [0.1, 0.15) is 0 Å². The van der Waals surface area contributed by atoms with E-state index in [1.165, 1.54) is 21.9 Å². The molecule has 0 atom stereocenters. The molecule has 3 nitrogen and oxygen atoms in total. The first-order chi connectivity index (χ1) is 12.0. The molecule has 0 spiro atoms. The lowest BCUT2D eigenvalue weighted by Gasteiger charge is -2.12. The van der Waals surface area contributed by atoms with Gasteiger partial charge in [0, 0.05) is 5.69 Å². The number of hydrogen-bond acceptors (Lipinski definition) is 2. The summed E-state index contributed by atoms with van der Waals surface area (Å²) in [7, 11) is 0. The van der Waals surface area contributed by atoms with E-state index in [1.807, 2.05) is 31.2 Å². The van der Waals surface area contributed by atoms with Crippen LogP contribution in [0.4, 0.5) is 5.69 Å². The van der Waals surface area contributed by atoms with Crippen LogP contribution in [0.5, 0.6) is 0 Å². The second kappa shape index (κ2) is 7.45. The number of fused-ring (bicyclic) bond motifs is 1. The second-order valence-electron chi connectivity index (χ2n) is 6.07. The van der Waals surface area contributed by atoms with Crippen molar-refractivity contribution in [2.45, 2.75) is 20.8 Å². The van der Waals surface area contributed by atoms with Crippen molar-refractivity contribution >= 4 is 39.5 Å². The number of hydrogen-bond donors (Lipinski definition) is 2. The van der Waals surface area contributed by atoms with Crippen molar-refractivity contribution in [3.63, 3.8) is 0 Å². The average Bonchev–Trinajstić information content (AvgIpc) is 2.63. The molecule has 0 radical (unpaired) electrons. The van der Waals surface area contributed by atoms with E-state index < -0.39 is 0 Å². The Kier molecular flexibility index (Phi) is 5.10. The molecule has 3 aromatic carbocycles. The summed E-state index contributed by atoms with van der Waals surface area (Å²) < 4.78 is 0. The standard InChI is InChI=1S/C21H21N3S/c1-14-7-6-10-20(15(14)2)22-21(25)24-23-16(3)18-12-11-17-8-4-5-9-19(17)13-18/h4-13H,1-3H3,(H2,22,24,25)/b23-16+. The summed E-state index contributed by atoms with van der Waals surface area (Å²) in [6.45, 7) is 6.13. The van der Waals surface area contributed by atoms with Gasteiger partial charge in [0.05, 0.1) is 5.71 Å². The zero-order valence-corrected chi connectivity index (χ0v) is 15.4. The van der Waals surface area contributed by atoms with Gasteiger partial charge in [-0.25, -0.2) is 0 Å². The smallest absolute Gasteiger partial charge is 0.191 e. The zero-order chi connectivity index (χ0) is 17.8. The molecule has 3 aromatic rings. The minimum Gasteiger partial charge on any atom is -0.331 e. The van der Waals surface area contributed by atoms with Crippen LogP contribution in [0.1, 0.15) is 23.6 Å². The molecule has 0 aliphatic carbocycles. The Morgan fingerprint density at radius 2 is 1.68 bits per heavy atom. The third kappa shape index (κ3) is 4.03. The first kappa shape index (κ1) is 17.1. The predicted octanol–water partition coefficient (Wildman–Crippen LogP) is 5.17. The van der Waals surface area contributed by atoms with Crippen LogP contribution in [-0.4, -0.2) is 10.8 Å². The Bertz CT molecular complexity index is 960. The van der Waals surface area contributed by atoms with Gasteiger partial charge in [-0.1, -0.05) is 48.5 Å². The molecule has 0 aromatic heterocycles. The molecule has 0 saturated carbocycles. The molecule has 0 heterocycles. The average molecular weight is 347 g/mol. The summed E-state index contributed by atoms with van der Waals surface area (Å²) >= 11 is 5.35. The number of nitrogens with one attached hydrogen (secondary N) is 2. The van der Waals surface area contributed by atoms with Crippen molar-refractivity contribution in [1.82, 2.24) is 5.43 Å². The summed E-state index contributed by atoms with van der Waals surface area (Å²) in [5.74, 6) is 0. The number of rotatable bonds is 3. The van der Waals surface area contributed by atoms with Crippen LogP contribution < -0.4 is 10.7 Å². The van der Waals surface area contributed by atoms with E-state index in [0.29, 0.717) is 5.11 Å². The highest BCUT2D eigenvalue weighted by molar-refractivity contribution is 7.80. The Hall–Kier alpha value is -2.72. The van der Waals surface area contributed by atoms with Crippen LogP contribution in [0.15, 0.2) is 65.8 Å². The maximum atomic E-state index is 5.35. The van der Waals surface area contributed by atoms with E-state index in [-0.39, 0.29) is 0 Å². The number of aryl methyl sites for hydroxylation is 1. The van der Waals surface area contributed by atoms with E-state index in [4.69, 9.17) is 12.2 Å². The topological polar surface area (TPSA) is 36.4 Å². The van der Waals surface area contributed by atoms with Gasteiger partial charge in [-0.3, -0.25) is 5.43 Å². The van der Waals surface area contributed by atoms with Crippen LogP contribution in [0.25, 0.3) is 10.8 Å². The largest absolute Gasteiger partial charge is 0.331 e. The molecular weight excluding hydrogens is 326 g/mol. The Labute approximate surface area is 153 Å². The maximum absolute atomic E-state index is 5.35. The number of thiocarbonyl (C=S) groups is 1. The van der Waals surface area contributed by atoms with Crippen LogP contribution in [-0.2, 0) is 0 Å². The fourth-order valence-electron chi connectivity index (χ4n) is 2.65. The fraction of sp³-hybridized carbons (Fsp3) is 0.143. The lowest BCUT2D eigenvalue weighted by molar-refractivity contribution is 1.04. The monoisotopic (exact) mass is 347 g/mol. The minimum absolute atomic E-state index is 0.480. The summed E-state index contributed by atoms with van der Waals surface area (Å²) in [5, 5.41) is 10.5. The Morgan fingerprint density at radius 1 is 0.920 bits per heavy atom. The van der Waals surface area contributed by atoms with Crippen LogP contribution in [0.2, 0.25) is 0 Å². The van der Waals surface area contributed by atoms with Crippen molar-refractivity contribution in [3.8, 4) is 0 Å². The van der Waals surface area contributed by atoms with Gasteiger partial charge in [0.25, 0.3) is 0 Å². The summed E-state index contributed by atoms with van der Waals surface area (Å²) in [6, 6.07) is 20.7. The lowest BCUT2D eigenvalue weighted by Crippen LogP contribution is -2.25. The normalized spacial score (nSPS) is 11.4. The molecule has 0 amide bonds. The van der Waals surface area contributed by atoms with Gasteiger partial charge in [0.2, 0.25) is 0 Å². The molecule has 25 heavy (non-hydrogen) atoms. The van der Waals surface area contributed by atoms with E-state index in [2.05, 4.69) is 66.1 Å². The van der Waals surface area contributed by atoms with Crippen LogP contribution in [0, 0.1) is 13.8 Å². The van der Waals surface area contributed by atoms with E-state index in [0.717, 1.165) is 17.0 Å². The molecule has 3 rings (SSSR count). The highest BCUT2D eigenvalue weighted by atomic mass is 32.1.